The Kier molecular flexibility index (Phi) is 2.46. The molecular weight excluding hydrogens is 180 g/mol. The molecule has 68 valence electrons. The van der Waals surface area contributed by atoms with E-state index in [-0.39, 0.29) is 0 Å². The average Bonchev–Trinajstić information content (AvgIpc) is 2.25. The molecular formula is C8H6N6. The minimum atomic E-state index is 0.358. The topological polar surface area (TPSA) is 77.3 Å². The average molecular weight is 186 g/mol. The van der Waals surface area contributed by atoms with Gasteiger partial charge in [0.15, 0.2) is 0 Å². The van der Waals surface area contributed by atoms with Crippen LogP contribution in [-0.4, -0.2) is 30.8 Å². The lowest BCUT2D eigenvalue weighted by molar-refractivity contribution is 0.786. The normalized spacial score (nSPS) is 9.43. The van der Waals surface area contributed by atoms with E-state index < -0.39 is 0 Å². The van der Waals surface area contributed by atoms with E-state index in [4.69, 9.17) is 0 Å². The SMILES string of the molecule is c1cccc2nnnnc2nncc1. The number of nitrogens with zero attached hydrogens (tertiary/aromatic N) is 6. The van der Waals surface area contributed by atoms with Gasteiger partial charge in [0, 0.05) is 6.20 Å². The largest absolute Gasteiger partial charge is 0.225 e. The Hall–Kier alpha value is -2.24. The van der Waals surface area contributed by atoms with E-state index in [2.05, 4.69) is 30.8 Å². The first-order valence-corrected chi connectivity index (χ1v) is 3.93. The highest BCUT2D eigenvalue weighted by Gasteiger charge is 1.91. The molecule has 0 saturated heterocycles. The van der Waals surface area contributed by atoms with Gasteiger partial charge in [-0.2, -0.15) is 5.10 Å². The molecule has 0 atom stereocenters. The van der Waals surface area contributed by atoms with Crippen LogP contribution >= 0.6 is 0 Å². The summed E-state index contributed by atoms with van der Waals surface area (Å²) in [6.07, 6.45) is 1.56. The molecule has 0 aromatic carbocycles. The highest BCUT2D eigenvalue weighted by atomic mass is 15.4. The zero-order valence-electron chi connectivity index (χ0n) is 7.15. The molecule has 14 heavy (non-hydrogen) atoms. The van der Waals surface area contributed by atoms with E-state index in [1.54, 1.807) is 18.3 Å². The van der Waals surface area contributed by atoms with Crippen molar-refractivity contribution >= 4 is 11.2 Å². The summed E-state index contributed by atoms with van der Waals surface area (Å²) in [5.41, 5.74) is 0.903. The molecule has 0 aliphatic heterocycles. The molecule has 0 spiro atoms. The van der Waals surface area contributed by atoms with Crippen molar-refractivity contribution in [2.24, 2.45) is 0 Å². The molecule has 0 bridgehead atoms. The monoisotopic (exact) mass is 186 g/mol. The first kappa shape index (κ1) is 8.36. The molecule has 0 saturated carbocycles. The van der Waals surface area contributed by atoms with Crippen molar-refractivity contribution in [3.8, 4) is 0 Å². The molecule has 2 aromatic rings. The molecule has 0 aliphatic carbocycles. The Morgan fingerprint density at radius 2 is 1.64 bits per heavy atom. The first-order valence-electron chi connectivity index (χ1n) is 3.93. The van der Waals surface area contributed by atoms with E-state index in [1.807, 2.05) is 18.2 Å². The Bertz CT molecular complexity index is 439. The number of aromatic nitrogens is 6. The number of fused-ring (bicyclic) bond motifs is 1. The molecule has 2 aromatic heterocycles. The lowest BCUT2D eigenvalue weighted by Gasteiger charge is -1.84. The third-order valence-electron chi connectivity index (χ3n) is 1.45. The molecule has 2 rings (SSSR count). The Labute approximate surface area is 79.3 Å². The van der Waals surface area contributed by atoms with Gasteiger partial charge in [-0.25, -0.2) is 0 Å². The maximum Gasteiger partial charge on any atom is 0.225 e. The van der Waals surface area contributed by atoms with E-state index in [0.29, 0.717) is 11.2 Å². The Morgan fingerprint density at radius 3 is 2.64 bits per heavy atom. The van der Waals surface area contributed by atoms with Gasteiger partial charge in [-0.15, -0.1) is 15.3 Å². The van der Waals surface area contributed by atoms with Gasteiger partial charge in [0.2, 0.25) is 5.65 Å². The predicted molar refractivity (Wildman–Crippen MR) is 48.3 cm³/mol. The molecule has 0 radical (unpaired) electrons. The van der Waals surface area contributed by atoms with Gasteiger partial charge in [0.1, 0.15) is 5.52 Å². The van der Waals surface area contributed by atoms with E-state index in [9.17, 15) is 0 Å². The molecule has 0 unspecified atom stereocenters. The third-order valence-corrected chi connectivity index (χ3v) is 1.45. The quantitative estimate of drug-likeness (QED) is 0.590. The fourth-order valence-electron chi connectivity index (χ4n) is 0.857. The van der Waals surface area contributed by atoms with Gasteiger partial charge >= 0.3 is 0 Å². The highest BCUT2D eigenvalue weighted by molar-refractivity contribution is 5.65. The third kappa shape index (κ3) is 1.92. The van der Waals surface area contributed by atoms with Crippen LogP contribution in [0.5, 0.6) is 0 Å². The van der Waals surface area contributed by atoms with Gasteiger partial charge in [-0.1, -0.05) is 18.2 Å². The zero-order chi connectivity index (χ0) is 9.64. The summed E-state index contributed by atoms with van der Waals surface area (Å²) in [7, 11) is 0. The van der Waals surface area contributed by atoms with E-state index >= 15 is 0 Å². The summed E-state index contributed by atoms with van der Waals surface area (Å²) >= 11 is 0. The summed E-state index contributed by atoms with van der Waals surface area (Å²) in [5, 5.41) is 21.9. The second-order valence-corrected chi connectivity index (χ2v) is 2.39. The van der Waals surface area contributed by atoms with Crippen molar-refractivity contribution in [2.75, 3.05) is 0 Å². The van der Waals surface area contributed by atoms with Crippen molar-refractivity contribution in [3.63, 3.8) is 0 Å². The van der Waals surface area contributed by atoms with Crippen LogP contribution in [0.4, 0.5) is 0 Å². The molecule has 0 aliphatic rings. The van der Waals surface area contributed by atoms with Gasteiger partial charge in [-0.05, 0) is 22.6 Å². The van der Waals surface area contributed by atoms with Crippen molar-refractivity contribution < 1.29 is 0 Å². The second-order valence-electron chi connectivity index (χ2n) is 2.39. The number of rotatable bonds is 0. The van der Waals surface area contributed by atoms with Crippen LogP contribution in [0.1, 0.15) is 0 Å². The smallest absolute Gasteiger partial charge is 0.157 e. The molecule has 6 nitrogen and oxygen atoms in total. The van der Waals surface area contributed by atoms with Crippen molar-refractivity contribution in [3.05, 3.63) is 36.5 Å². The Morgan fingerprint density at radius 1 is 0.786 bits per heavy atom. The molecule has 6 heteroatoms. The van der Waals surface area contributed by atoms with Crippen LogP contribution in [0.15, 0.2) is 36.5 Å². The minimum Gasteiger partial charge on any atom is -0.157 e. The van der Waals surface area contributed by atoms with Crippen LogP contribution in [0.25, 0.3) is 11.2 Å². The Balaban J connectivity index is 2.76. The van der Waals surface area contributed by atoms with Gasteiger partial charge in [0.25, 0.3) is 0 Å². The fraction of sp³-hybridized carbons (Fsp3) is 0. The number of hydrogen-bond donors (Lipinski definition) is 0. The van der Waals surface area contributed by atoms with E-state index in [0.717, 1.165) is 0 Å². The summed E-state index contributed by atoms with van der Waals surface area (Å²) in [6, 6.07) is 9.01. The lowest BCUT2D eigenvalue weighted by Crippen LogP contribution is -1.93. The van der Waals surface area contributed by atoms with Crippen LogP contribution < -0.4 is 0 Å². The standard InChI is InChI=1S/C8H6N6/c1-2-4-6-9-11-8-7(5-3-1)10-13-14-12-8/h1-6H. The summed E-state index contributed by atoms with van der Waals surface area (Å²) in [6.45, 7) is 0. The van der Waals surface area contributed by atoms with Crippen LogP contribution in [0, 0.1) is 0 Å². The van der Waals surface area contributed by atoms with Crippen LogP contribution in [0.3, 0.4) is 0 Å². The maximum absolute atomic E-state index is 3.83. The van der Waals surface area contributed by atoms with Crippen molar-refractivity contribution in [2.45, 2.75) is 0 Å². The van der Waals surface area contributed by atoms with Crippen LogP contribution in [-0.2, 0) is 0 Å². The first-order chi connectivity index (χ1) is 6.97. The molecule has 0 fully saturated rings. The second kappa shape index (κ2) is 4.13. The molecule has 2 heterocycles. The maximum atomic E-state index is 3.83. The number of hydrogen-bond acceptors (Lipinski definition) is 6. The van der Waals surface area contributed by atoms with E-state index in [1.165, 1.54) is 0 Å². The molecule has 0 N–H and O–H groups in total. The summed E-state index contributed by atoms with van der Waals surface area (Å²) in [5.74, 6) is 0. The summed E-state index contributed by atoms with van der Waals surface area (Å²) in [4.78, 5) is 0. The summed E-state index contributed by atoms with van der Waals surface area (Å²) < 4.78 is 0. The van der Waals surface area contributed by atoms with Gasteiger partial charge in [-0.3, -0.25) is 0 Å². The minimum absolute atomic E-state index is 0.358. The van der Waals surface area contributed by atoms with Crippen LogP contribution in [0.2, 0.25) is 0 Å². The van der Waals surface area contributed by atoms with Gasteiger partial charge in [0.05, 0.1) is 0 Å². The predicted octanol–water partition coefficient (Wildman–Crippen LogP) is 0.334. The van der Waals surface area contributed by atoms with Gasteiger partial charge < -0.3 is 0 Å². The fourth-order valence-corrected chi connectivity index (χ4v) is 0.857. The zero-order valence-corrected chi connectivity index (χ0v) is 7.15. The van der Waals surface area contributed by atoms with Crippen molar-refractivity contribution in [1.29, 1.82) is 0 Å². The van der Waals surface area contributed by atoms with Crippen molar-refractivity contribution in [1.82, 2.24) is 30.8 Å². The highest BCUT2D eigenvalue weighted by Crippen LogP contribution is 1.95. The molecule has 0 amide bonds. The lowest BCUT2D eigenvalue weighted by atomic mass is 10.4.